The second-order valence-corrected chi connectivity index (χ2v) is 5.27. The number of aromatic carboxylic acids is 1. The van der Waals surface area contributed by atoms with E-state index in [0.29, 0.717) is 5.75 Å². The highest BCUT2D eigenvalue weighted by molar-refractivity contribution is 6.52. The van der Waals surface area contributed by atoms with Gasteiger partial charge in [0.2, 0.25) is 0 Å². The molecule has 0 amide bonds. The van der Waals surface area contributed by atoms with Gasteiger partial charge in [0, 0.05) is 6.07 Å². The Morgan fingerprint density at radius 3 is 2.35 bits per heavy atom. The number of ether oxygens (including phenoxy) is 1. The van der Waals surface area contributed by atoms with Gasteiger partial charge in [0.25, 0.3) is 0 Å². The van der Waals surface area contributed by atoms with E-state index in [0.717, 1.165) is 0 Å². The summed E-state index contributed by atoms with van der Waals surface area (Å²) >= 11 is 23.7. The molecule has 20 heavy (non-hydrogen) atoms. The Morgan fingerprint density at radius 2 is 1.70 bits per heavy atom. The van der Waals surface area contributed by atoms with Crippen molar-refractivity contribution in [1.82, 2.24) is 0 Å². The zero-order chi connectivity index (χ0) is 14.9. The summed E-state index contributed by atoms with van der Waals surface area (Å²) in [6.45, 7) is 0. The first-order chi connectivity index (χ1) is 9.40. The van der Waals surface area contributed by atoms with E-state index in [4.69, 9.17) is 56.2 Å². The van der Waals surface area contributed by atoms with Crippen LogP contribution in [0.15, 0.2) is 30.3 Å². The van der Waals surface area contributed by atoms with Gasteiger partial charge < -0.3 is 9.84 Å². The molecule has 1 N–H and O–H groups in total. The van der Waals surface area contributed by atoms with Gasteiger partial charge in [0.15, 0.2) is 0 Å². The molecule has 0 saturated carbocycles. The number of hydrogen-bond donors (Lipinski definition) is 1. The van der Waals surface area contributed by atoms with Gasteiger partial charge in [0.1, 0.15) is 16.5 Å². The SMILES string of the molecule is O=C(O)c1cccc(Oc2cc(Cl)c(Cl)c(Cl)c2Cl)c1. The summed E-state index contributed by atoms with van der Waals surface area (Å²) in [5, 5.41) is 9.40. The van der Waals surface area contributed by atoms with Crippen LogP contribution in [-0.2, 0) is 0 Å². The van der Waals surface area contributed by atoms with Crippen LogP contribution in [0.4, 0.5) is 0 Å². The molecule has 7 heteroatoms. The van der Waals surface area contributed by atoms with E-state index < -0.39 is 5.97 Å². The molecule has 3 nitrogen and oxygen atoms in total. The van der Waals surface area contributed by atoms with E-state index in [1.54, 1.807) is 12.1 Å². The van der Waals surface area contributed by atoms with Crippen LogP contribution < -0.4 is 4.74 Å². The van der Waals surface area contributed by atoms with Crippen LogP contribution in [-0.4, -0.2) is 11.1 Å². The molecular weight excluding hydrogens is 346 g/mol. The monoisotopic (exact) mass is 350 g/mol. The Hall–Kier alpha value is -1.13. The number of halogens is 4. The minimum atomic E-state index is -1.06. The Kier molecular flexibility index (Phi) is 4.66. The molecule has 0 bridgehead atoms. The van der Waals surface area contributed by atoms with E-state index in [1.165, 1.54) is 18.2 Å². The number of carboxylic acid groups (broad SMARTS) is 1. The maximum absolute atomic E-state index is 10.9. The quantitative estimate of drug-likeness (QED) is 0.562. The number of rotatable bonds is 3. The predicted octanol–water partition coefficient (Wildman–Crippen LogP) is 5.79. The van der Waals surface area contributed by atoms with Gasteiger partial charge in [0.05, 0.1) is 20.6 Å². The van der Waals surface area contributed by atoms with E-state index in [1.807, 2.05) is 0 Å². The van der Waals surface area contributed by atoms with E-state index in [-0.39, 0.29) is 31.4 Å². The average molecular weight is 352 g/mol. The zero-order valence-electron chi connectivity index (χ0n) is 9.66. The lowest BCUT2D eigenvalue weighted by molar-refractivity contribution is 0.0696. The van der Waals surface area contributed by atoms with Gasteiger partial charge in [-0.2, -0.15) is 0 Å². The molecular formula is C13H6Cl4O3. The van der Waals surface area contributed by atoms with Crippen molar-refractivity contribution in [3.8, 4) is 11.5 Å². The Labute approximate surface area is 134 Å². The molecule has 0 aromatic heterocycles. The van der Waals surface area contributed by atoms with Crippen molar-refractivity contribution in [2.45, 2.75) is 0 Å². The first-order valence-electron chi connectivity index (χ1n) is 5.24. The minimum absolute atomic E-state index is 0.0743. The van der Waals surface area contributed by atoms with Crippen LogP contribution in [0, 0.1) is 0 Å². The number of benzene rings is 2. The van der Waals surface area contributed by atoms with Gasteiger partial charge in [-0.1, -0.05) is 52.5 Å². The highest BCUT2D eigenvalue weighted by Crippen LogP contribution is 2.43. The summed E-state index contributed by atoms with van der Waals surface area (Å²) < 4.78 is 5.49. The van der Waals surface area contributed by atoms with Crippen LogP contribution in [0.3, 0.4) is 0 Å². The number of hydrogen-bond acceptors (Lipinski definition) is 2. The van der Waals surface area contributed by atoms with Gasteiger partial charge >= 0.3 is 5.97 Å². The Bertz CT molecular complexity index is 686. The molecule has 0 heterocycles. The molecule has 0 aliphatic carbocycles. The molecule has 0 aliphatic rings. The summed E-state index contributed by atoms with van der Waals surface area (Å²) in [6, 6.07) is 7.34. The van der Waals surface area contributed by atoms with E-state index in [2.05, 4.69) is 0 Å². The summed E-state index contributed by atoms with van der Waals surface area (Å²) in [6.07, 6.45) is 0. The van der Waals surface area contributed by atoms with Gasteiger partial charge in [-0.15, -0.1) is 0 Å². The fourth-order valence-electron chi connectivity index (χ4n) is 1.45. The summed E-state index contributed by atoms with van der Waals surface area (Å²) in [5.41, 5.74) is 0.0878. The third kappa shape index (κ3) is 3.13. The molecule has 0 fully saturated rings. The first kappa shape index (κ1) is 15.3. The maximum atomic E-state index is 10.9. The fourth-order valence-corrected chi connectivity index (χ4v) is 2.27. The average Bonchev–Trinajstić information content (AvgIpc) is 2.42. The maximum Gasteiger partial charge on any atom is 0.335 e. The highest BCUT2D eigenvalue weighted by Gasteiger charge is 2.15. The minimum Gasteiger partial charge on any atom is -0.478 e. The van der Waals surface area contributed by atoms with Crippen LogP contribution in [0.2, 0.25) is 20.1 Å². The molecule has 104 valence electrons. The van der Waals surface area contributed by atoms with Crippen molar-refractivity contribution >= 4 is 52.4 Å². The standard InChI is InChI=1S/C13H6Cl4O3/c14-8-5-9(11(16)12(17)10(8)15)20-7-3-1-2-6(4-7)13(18)19/h1-5H,(H,18,19). The van der Waals surface area contributed by atoms with Crippen LogP contribution in [0.5, 0.6) is 11.5 Å². The van der Waals surface area contributed by atoms with Gasteiger partial charge in [-0.05, 0) is 18.2 Å². The zero-order valence-corrected chi connectivity index (χ0v) is 12.7. The Morgan fingerprint density at radius 1 is 1.00 bits per heavy atom. The van der Waals surface area contributed by atoms with Crippen LogP contribution in [0.1, 0.15) is 10.4 Å². The molecule has 2 aromatic carbocycles. The predicted molar refractivity (Wildman–Crippen MR) is 80.0 cm³/mol. The molecule has 0 saturated heterocycles. The molecule has 0 spiro atoms. The van der Waals surface area contributed by atoms with Crippen molar-refractivity contribution < 1.29 is 14.6 Å². The van der Waals surface area contributed by atoms with Crippen molar-refractivity contribution in [1.29, 1.82) is 0 Å². The normalized spacial score (nSPS) is 10.4. The molecule has 0 unspecified atom stereocenters. The van der Waals surface area contributed by atoms with Crippen molar-refractivity contribution in [2.75, 3.05) is 0 Å². The summed E-state index contributed by atoms with van der Waals surface area (Å²) in [4.78, 5) is 10.9. The number of carbonyl (C=O) groups is 1. The van der Waals surface area contributed by atoms with Crippen LogP contribution in [0.25, 0.3) is 0 Å². The lowest BCUT2D eigenvalue weighted by atomic mass is 10.2. The third-order valence-electron chi connectivity index (χ3n) is 2.38. The molecule has 0 aliphatic heterocycles. The number of carboxylic acids is 1. The van der Waals surface area contributed by atoms with E-state index in [9.17, 15) is 4.79 Å². The van der Waals surface area contributed by atoms with Gasteiger partial charge in [-0.3, -0.25) is 0 Å². The van der Waals surface area contributed by atoms with Crippen molar-refractivity contribution in [3.63, 3.8) is 0 Å². The second kappa shape index (κ2) is 6.10. The summed E-state index contributed by atoms with van der Waals surface area (Å²) in [5.74, 6) is -0.580. The first-order valence-corrected chi connectivity index (χ1v) is 6.75. The highest BCUT2D eigenvalue weighted by atomic mass is 35.5. The molecule has 2 rings (SSSR count). The van der Waals surface area contributed by atoms with Crippen molar-refractivity contribution in [2.24, 2.45) is 0 Å². The lowest BCUT2D eigenvalue weighted by Gasteiger charge is -2.11. The second-order valence-electron chi connectivity index (χ2n) is 3.73. The largest absolute Gasteiger partial charge is 0.478 e. The Balaban J connectivity index is 2.40. The van der Waals surface area contributed by atoms with Crippen LogP contribution >= 0.6 is 46.4 Å². The molecule has 0 atom stereocenters. The molecule has 2 aromatic rings. The fraction of sp³-hybridized carbons (Fsp3) is 0. The third-order valence-corrected chi connectivity index (χ3v) is 4.11. The summed E-state index contributed by atoms with van der Waals surface area (Å²) in [7, 11) is 0. The van der Waals surface area contributed by atoms with Crippen molar-refractivity contribution in [3.05, 3.63) is 56.0 Å². The van der Waals surface area contributed by atoms with Gasteiger partial charge in [-0.25, -0.2) is 4.79 Å². The lowest BCUT2D eigenvalue weighted by Crippen LogP contribution is -1.96. The van der Waals surface area contributed by atoms with E-state index >= 15 is 0 Å². The molecule has 0 radical (unpaired) electrons. The smallest absolute Gasteiger partial charge is 0.335 e. The topological polar surface area (TPSA) is 46.5 Å².